The van der Waals surface area contributed by atoms with Gasteiger partial charge in [0.05, 0.1) is 6.04 Å². The van der Waals surface area contributed by atoms with Gasteiger partial charge in [-0.1, -0.05) is 25.7 Å². The molecule has 0 unspecified atom stereocenters. The summed E-state index contributed by atoms with van der Waals surface area (Å²) in [5, 5.41) is 14.0. The molecule has 1 saturated heterocycles. The van der Waals surface area contributed by atoms with E-state index in [1.165, 1.54) is 36.8 Å². The van der Waals surface area contributed by atoms with Crippen LogP contribution in [0.15, 0.2) is 23.0 Å². The maximum Gasteiger partial charge on any atom is 0.253 e. The van der Waals surface area contributed by atoms with Crippen LogP contribution in [0.3, 0.4) is 0 Å². The van der Waals surface area contributed by atoms with E-state index in [0.29, 0.717) is 6.04 Å². The van der Waals surface area contributed by atoms with Gasteiger partial charge >= 0.3 is 0 Å². The third kappa shape index (κ3) is 3.91. The summed E-state index contributed by atoms with van der Waals surface area (Å²) < 4.78 is 2.02. The van der Waals surface area contributed by atoms with Crippen molar-refractivity contribution in [3.8, 4) is 0 Å². The number of rotatable bonds is 4. The molecule has 2 aromatic heterocycles. The lowest BCUT2D eigenvalue weighted by atomic mass is 10.0. The number of benzene rings is 1. The van der Waals surface area contributed by atoms with Crippen LogP contribution in [0.1, 0.15) is 86.0 Å². The van der Waals surface area contributed by atoms with Gasteiger partial charge in [-0.2, -0.15) is 0 Å². The Morgan fingerprint density at radius 2 is 1.68 bits per heavy atom. The quantitative estimate of drug-likeness (QED) is 0.684. The third-order valence-electron chi connectivity index (χ3n) is 7.22. The van der Waals surface area contributed by atoms with Gasteiger partial charge in [-0.25, -0.2) is 4.68 Å². The van der Waals surface area contributed by atoms with Crippen molar-refractivity contribution < 1.29 is 0 Å². The van der Waals surface area contributed by atoms with E-state index in [-0.39, 0.29) is 11.6 Å². The minimum Gasteiger partial charge on any atom is -0.322 e. The first-order chi connectivity index (χ1) is 15.1. The van der Waals surface area contributed by atoms with Crippen molar-refractivity contribution >= 4 is 10.9 Å². The van der Waals surface area contributed by atoms with Crippen LogP contribution in [0.4, 0.5) is 0 Å². The zero-order valence-corrected chi connectivity index (χ0v) is 18.6. The summed E-state index contributed by atoms with van der Waals surface area (Å²) in [4.78, 5) is 19.0. The largest absolute Gasteiger partial charge is 0.322 e. The van der Waals surface area contributed by atoms with Gasteiger partial charge in [0.2, 0.25) is 0 Å². The molecule has 1 atom stereocenters. The van der Waals surface area contributed by atoms with E-state index in [0.717, 1.165) is 61.1 Å². The Morgan fingerprint density at radius 3 is 2.42 bits per heavy atom. The third-order valence-corrected chi connectivity index (χ3v) is 7.22. The average Bonchev–Trinajstić information content (AvgIpc) is 3.37. The van der Waals surface area contributed by atoms with Gasteiger partial charge in [0.1, 0.15) is 6.04 Å². The maximum absolute atomic E-state index is 13.4. The van der Waals surface area contributed by atoms with Crippen LogP contribution in [0.25, 0.3) is 10.9 Å². The molecule has 3 aromatic rings. The molecule has 2 aliphatic rings. The molecule has 0 bridgehead atoms. The van der Waals surface area contributed by atoms with E-state index in [4.69, 9.17) is 0 Å². The molecule has 0 radical (unpaired) electrons. The molecule has 1 aliphatic heterocycles. The average molecular weight is 421 g/mol. The molecule has 1 aliphatic carbocycles. The molecule has 31 heavy (non-hydrogen) atoms. The molecule has 3 heterocycles. The van der Waals surface area contributed by atoms with Crippen LogP contribution >= 0.6 is 0 Å². The van der Waals surface area contributed by atoms with E-state index in [1.807, 2.05) is 4.68 Å². The van der Waals surface area contributed by atoms with Crippen molar-refractivity contribution in [2.75, 3.05) is 13.1 Å². The number of pyridine rings is 1. The number of aromatic nitrogens is 5. The smallest absolute Gasteiger partial charge is 0.253 e. The van der Waals surface area contributed by atoms with Crippen molar-refractivity contribution in [3.05, 3.63) is 51.1 Å². The van der Waals surface area contributed by atoms with Gasteiger partial charge in [-0.05, 0) is 97.8 Å². The van der Waals surface area contributed by atoms with E-state index in [9.17, 15) is 4.79 Å². The van der Waals surface area contributed by atoms with Crippen molar-refractivity contribution in [3.63, 3.8) is 0 Å². The standard InChI is InChI=1S/C24H32N6O/c1-16-13-18-15-20(24(31)25-21(18)14-17(16)2)22(29-11-7-3-4-8-12-29)23-26-27-28-30(23)19-9-5-6-10-19/h13-15,19,22H,3-12H2,1-2H3,(H,25,31)/t22-/m1/s1. The number of H-pyrrole nitrogens is 1. The first-order valence-electron chi connectivity index (χ1n) is 11.8. The second-order valence-electron chi connectivity index (χ2n) is 9.35. The number of aromatic amines is 1. The summed E-state index contributed by atoms with van der Waals surface area (Å²) in [5.74, 6) is 0.822. The predicted molar refractivity (Wildman–Crippen MR) is 121 cm³/mol. The number of tetrazole rings is 1. The second kappa shape index (κ2) is 8.54. The van der Waals surface area contributed by atoms with E-state index >= 15 is 0 Å². The number of hydrogen-bond acceptors (Lipinski definition) is 5. The molecular weight excluding hydrogens is 388 g/mol. The molecule has 7 nitrogen and oxygen atoms in total. The topological polar surface area (TPSA) is 79.7 Å². The fraction of sp³-hybridized carbons (Fsp3) is 0.583. The minimum absolute atomic E-state index is 0.0361. The van der Waals surface area contributed by atoms with Gasteiger partial charge in [0, 0.05) is 11.1 Å². The fourth-order valence-electron chi connectivity index (χ4n) is 5.34. The van der Waals surface area contributed by atoms with Crippen LogP contribution in [-0.4, -0.2) is 43.2 Å². The monoisotopic (exact) mass is 420 g/mol. The molecule has 1 saturated carbocycles. The molecule has 0 amide bonds. The molecule has 5 rings (SSSR count). The number of nitrogens with zero attached hydrogens (tertiary/aromatic N) is 5. The Balaban J connectivity index is 1.66. The number of nitrogens with one attached hydrogen (secondary N) is 1. The van der Waals surface area contributed by atoms with Crippen LogP contribution < -0.4 is 5.56 Å². The van der Waals surface area contributed by atoms with Gasteiger partial charge in [-0.3, -0.25) is 9.69 Å². The predicted octanol–water partition coefficient (Wildman–Crippen LogP) is 4.21. The maximum atomic E-state index is 13.4. The molecule has 7 heteroatoms. The van der Waals surface area contributed by atoms with Crippen molar-refractivity contribution in [1.29, 1.82) is 0 Å². The summed E-state index contributed by atoms with van der Waals surface area (Å²) in [6.07, 6.45) is 9.42. The van der Waals surface area contributed by atoms with Crippen molar-refractivity contribution in [1.82, 2.24) is 30.1 Å². The van der Waals surface area contributed by atoms with Gasteiger partial charge in [0.25, 0.3) is 5.56 Å². The van der Waals surface area contributed by atoms with Gasteiger partial charge in [-0.15, -0.1) is 5.10 Å². The molecule has 1 N–H and O–H groups in total. The highest BCUT2D eigenvalue weighted by molar-refractivity contribution is 5.81. The summed E-state index contributed by atoms with van der Waals surface area (Å²) in [5.41, 5.74) is 4.03. The highest BCUT2D eigenvalue weighted by Crippen LogP contribution is 2.34. The lowest BCUT2D eigenvalue weighted by Gasteiger charge is -2.30. The van der Waals surface area contributed by atoms with Crippen LogP contribution in [0, 0.1) is 13.8 Å². The lowest BCUT2D eigenvalue weighted by Crippen LogP contribution is -2.36. The molecule has 2 fully saturated rings. The Kier molecular flexibility index (Phi) is 5.61. The van der Waals surface area contributed by atoms with E-state index < -0.39 is 0 Å². The molecule has 0 spiro atoms. The Morgan fingerprint density at radius 1 is 0.968 bits per heavy atom. The van der Waals surface area contributed by atoms with Crippen LogP contribution in [-0.2, 0) is 0 Å². The number of hydrogen-bond donors (Lipinski definition) is 1. The van der Waals surface area contributed by atoms with Crippen LogP contribution in [0.2, 0.25) is 0 Å². The van der Waals surface area contributed by atoms with Gasteiger partial charge in [0.15, 0.2) is 5.82 Å². The summed E-state index contributed by atoms with van der Waals surface area (Å²) in [7, 11) is 0. The summed E-state index contributed by atoms with van der Waals surface area (Å²) in [6.45, 7) is 6.13. The summed E-state index contributed by atoms with van der Waals surface area (Å²) in [6, 6.07) is 6.43. The Labute approximate surface area is 182 Å². The minimum atomic E-state index is -0.219. The zero-order valence-electron chi connectivity index (χ0n) is 18.6. The van der Waals surface area contributed by atoms with Crippen molar-refractivity contribution in [2.45, 2.75) is 77.3 Å². The Bertz CT molecular complexity index is 1120. The molecule has 164 valence electrons. The van der Waals surface area contributed by atoms with Gasteiger partial charge < -0.3 is 4.98 Å². The molecule has 1 aromatic carbocycles. The number of fused-ring (bicyclic) bond motifs is 1. The first-order valence-corrected chi connectivity index (χ1v) is 11.8. The number of aryl methyl sites for hydroxylation is 2. The SMILES string of the molecule is Cc1cc2cc([C@H](c3nnnn3C3CCCC3)N3CCCCCC3)c(=O)[nH]c2cc1C. The highest BCUT2D eigenvalue weighted by atomic mass is 16.1. The first kappa shape index (κ1) is 20.4. The van der Waals surface area contributed by atoms with E-state index in [1.54, 1.807) is 0 Å². The normalized spacial score (nSPS) is 19.7. The zero-order chi connectivity index (χ0) is 21.4. The number of likely N-dealkylation sites (tertiary alicyclic amines) is 1. The highest BCUT2D eigenvalue weighted by Gasteiger charge is 2.33. The summed E-state index contributed by atoms with van der Waals surface area (Å²) >= 11 is 0. The lowest BCUT2D eigenvalue weighted by molar-refractivity contribution is 0.216. The van der Waals surface area contributed by atoms with Crippen molar-refractivity contribution in [2.24, 2.45) is 0 Å². The second-order valence-corrected chi connectivity index (χ2v) is 9.35. The molecular formula is C24H32N6O. The van der Waals surface area contributed by atoms with Crippen LogP contribution in [0.5, 0.6) is 0 Å². The fourth-order valence-corrected chi connectivity index (χ4v) is 5.34. The Hall–Kier alpha value is -2.54. The van der Waals surface area contributed by atoms with E-state index in [2.05, 4.69) is 57.5 Å².